The lowest BCUT2D eigenvalue weighted by atomic mass is 9.78. The molecule has 0 saturated carbocycles. The number of amides is 1. The highest BCUT2D eigenvalue weighted by Gasteiger charge is 2.34. The quantitative estimate of drug-likeness (QED) is 0.886. The van der Waals surface area contributed by atoms with Crippen molar-refractivity contribution in [3.63, 3.8) is 0 Å². The van der Waals surface area contributed by atoms with Crippen LogP contribution in [0, 0.1) is 0 Å². The number of carbonyl (C=O) groups excluding carboxylic acids is 1. The van der Waals surface area contributed by atoms with Crippen LogP contribution >= 0.6 is 0 Å². The molecule has 1 N–H and O–H groups in total. The van der Waals surface area contributed by atoms with E-state index < -0.39 is 10.0 Å². The van der Waals surface area contributed by atoms with E-state index >= 15 is 0 Å². The van der Waals surface area contributed by atoms with Crippen molar-refractivity contribution in [2.75, 3.05) is 38.0 Å². The predicted molar refractivity (Wildman–Crippen MR) is 98.2 cm³/mol. The third-order valence-electron chi connectivity index (χ3n) is 5.11. The van der Waals surface area contributed by atoms with Crippen LogP contribution in [0.4, 0.5) is 5.69 Å². The summed E-state index contributed by atoms with van der Waals surface area (Å²) in [7, 11) is -3.50. The fourth-order valence-electron chi connectivity index (χ4n) is 3.70. The van der Waals surface area contributed by atoms with Crippen LogP contribution in [-0.4, -0.2) is 56.3 Å². The average molecular weight is 365 g/mol. The molecule has 1 aromatic carbocycles. The van der Waals surface area contributed by atoms with Crippen molar-refractivity contribution in [1.82, 2.24) is 9.21 Å². The summed E-state index contributed by atoms with van der Waals surface area (Å²) < 4.78 is 27.6. The Labute approximate surface area is 150 Å². The van der Waals surface area contributed by atoms with Gasteiger partial charge in [0.05, 0.1) is 4.90 Å². The van der Waals surface area contributed by atoms with Crippen molar-refractivity contribution in [2.45, 2.75) is 43.9 Å². The van der Waals surface area contributed by atoms with Crippen LogP contribution < -0.4 is 5.32 Å². The number of sulfonamides is 1. The number of hydrogen-bond acceptors (Lipinski definition) is 4. The number of nitrogens with zero attached hydrogens (tertiary/aromatic N) is 2. The van der Waals surface area contributed by atoms with Gasteiger partial charge in [0.25, 0.3) is 0 Å². The van der Waals surface area contributed by atoms with Crippen molar-refractivity contribution in [1.29, 1.82) is 0 Å². The smallest absolute Gasteiger partial charge is 0.243 e. The Morgan fingerprint density at radius 3 is 2.48 bits per heavy atom. The molecule has 6 nitrogen and oxygen atoms in total. The largest absolute Gasteiger partial charge is 0.326 e. The fourth-order valence-corrected chi connectivity index (χ4v) is 5.15. The molecule has 0 aliphatic carbocycles. The average Bonchev–Trinajstić information content (AvgIpc) is 2.54. The first-order chi connectivity index (χ1) is 11.7. The normalized spacial score (nSPS) is 21.6. The fraction of sp³-hybridized carbons (Fsp3) is 0.611. The number of nitrogens with one attached hydrogen (secondary N) is 1. The SMILES string of the molecule is CCCN1CCN(S(=O)(=O)c2ccc3c(c2)C(C)(C)CC(=O)N3)CC1. The van der Waals surface area contributed by atoms with Gasteiger partial charge in [-0.2, -0.15) is 4.31 Å². The Kier molecular flexibility index (Phi) is 4.92. The zero-order valence-electron chi connectivity index (χ0n) is 15.2. The van der Waals surface area contributed by atoms with Gasteiger partial charge in [0.15, 0.2) is 0 Å². The summed E-state index contributed by atoms with van der Waals surface area (Å²) in [6.07, 6.45) is 1.44. The standard InChI is InChI=1S/C18H27N3O3S/c1-4-7-20-8-10-21(11-9-20)25(23,24)14-5-6-16-15(12-14)18(2,3)13-17(22)19-16/h5-6,12H,4,7-11,13H2,1-3H3,(H,19,22). The number of fused-ring (bicyclic) bond motifs is 1. The van der Waals surface area contributed by atoms with Gasteiger partial charge in [-0.3, -0.25) is 4.79 Å². The van der Waals surface area contributed by atoms with Gasteiger partial charge in [-0.25, -0.2) is 8.42 Å². The van der Waals surface area contributed by atoms with Crippen LogP contribution in [-0.2, 0) is 20.2 Å². The molecule has 138 valence electrons. The molecule has 2 heterocycles. The van der Waals surface area contributed by atoms with E-state index in [0.717, 1.165) is 31.6 Å². The monoisotopic (exact) mass is 365 g/mol. The summed E-state index contributed by atoms with van der Waals surface area (Å²) in [4.78, 5) is 14.4. The van der Waals surface area contributed by atoms with Crippen molar-refractivity contribution in [3.8, 4) is 0 Å². The summed E-state index contributed by atoms with van der Waals surface area (Å²) in [5.41, 5.74) is 1.23. The highest BCUT2D eigenvalue weighted by Crippen LogP contribution is 2.38. The Morgan fingerprint density at radius 1 is 1.16 bits per heavy atom. The van der Waals surface area contributed by atoms with Gasteiger partial charge >= 0.3 is 0 Å². The van der Waals surface area contributed by atoms with Crippen molar-refractivity contribution in [3.05, 3.63) is 23.8 Å². The maximum atomic E-state index is 13.0. The topological polar surface area (TPSA) is 69.7 Å². The minimum absolute atomic E-state index is 0.0276. The third-order valence-corrected chi connectivity index (χ3v) is 7.00. The first kappa shape index (κ1) is 18.4. The molecule has 0 bridgehead atoms. The summed E-state index contributed by atoms with van der Waals surface area (Å²) in [5.74, 6) is -0.0276. The molecule has 2 aliphatic heterocycles. The summed E-state index contributed by atoms with van der Waals surface area (Å²) in [6.45, 7) is 9.71. The zero-order valence-corrected chi connectivity index (χ0v) is 16.0. The van der Waals surface area contributed by atoms with Gasteiger partial charge < -0.3 is 10.2 Å². The first-order valence-corrected chi connectivity index (χ1v) is 10.3. The van der Waals surface area contributed by atoms with E-state index in [4.69, 9.17) is 0 Å². The molecule has 1 saturated heterocycles. The molecule has 7 heteroatoms. The van der Waals surface area contributed by atoms with Crippen LogP contribution in [0.5, 0.6) is 0 Å². The van der Waals surface area contributed by atoms with Crippen LogP contribution in [0.25, 0.3) is 0 Å². The van der Waals surface area contributed by atoms with Gasteiger partial charge in [0.1, 0.15) is 0 Å². The molecule has 2 aliphatic rings. The lowest BCUT2D eigenvalue weighted by Gasteiger charge is -2.35. The molecule has 1 amide bonds. The van der Waals surface area contributed by atoms with E-state index in [-0.39, 0.29) is 11.3 Å². The summed E-state index contributed by atoms with van der Waals surface area (Å²) in [6, 6.07) is 5.06. The summed E-state index contributed by atoms with van der Waals surface area (Å²) >= 11 is 0. The lowest BCUT2D eigenvalue weighted by Crippen LogP contribution is -2.48. The van der Waals surface area contributed by atoms with Gasteiger partial charge in [0.2, 0.25) is 15.9 Å². The Hall–Kier alpha value is -1.44. The minimum Gasteiger partial charge on any atom is -0.326 e. The van der Waals surface area contributed by atoms with Crippen LogP contribution in [0.1, 0.15) is 39.2 Å². The highest BCUT2D eigenvalue weighted by atomic mass is 32.2. The number of carbonyl (C=O) groups is 1. The Morgan fingerprint density at radius 2 is 1.84 bits per heavy atom. The van der Waals surface area contributed by atoms with Gasteiger partial charge in [-0.1, -0.05) is 20.8 Å². The number of anilines is 1. The van der Waals surface area contributed by atoms with Crippen LogP contribution in [0.3, 0.4) is 0 Å². The van der Waals surface area contributed by atoms with E-state index in [0.29, 0.717) is 30.1 Å². The van der Waals surface area contributed by atoms with E-state index in [1.54, 1.807) is 22.5 Å². The number of hydrogen-bond donors (Lipinski definition) is 1. The highest BCUT2D eigenvalue weighted by molar-refractivity contribution is 7.89. The molecule has 0 atom stereocenters. The molecule has 3 rings (SSSR count). The van der Waals surface area contributed by atoms with Crippen molar-refractivity contribution >= 4 is 21.6 Å². The third kappa shape index (κ3) is 3.59. The number of rotatable bonds is 4. The molecule has 0 spiro atoms. The molecule has 1 fully saturated rings. The van der Waals surface area contributed by atoms with Gasteiger partial charge in [-0.15, -0.1) is 0 Å². The van der Waals surface area contributed by atoms with E-state index in [1.807, 2.05) is 13.8 Å². The Bertz CT molecular complexity index is 766. The van der Waals surface area contributed by atoms with Gasteiger partial charge in [0, 0.05) is 43.7 Å². The van der Waals surface area contributed by atoms with E-state index in [1.165, 1.54) is 0 Å². The zero-order chi connectivity index (χ0) is 18.2. The Balaban J connectivity index is 1.86. The summed E-state index contributed by atoms with van der Waals surface area (Å²) in [5, 5.41) is 2.84. The van der Waals surface area contributed by atoms with E-state index in [2.05, 4.69) is 17.1 Å². The maximum absolute atomic E-state index is 13.0. The second-order valence-electron chi connectivity index (χ2n) is 7.56. The molecule has 25 heavy (non-hydrogen) atoms. The van der Waals surface area contributed by atoms with Gasteiger partial charge in [-0.05, 0) is 36.7 Å². The van der Waals surface area contributed by atoms with Crippen LogP contribution in [0.15, 0.2) is 23.1 Å². The molecule has 0 unspecified atom stereocenters. The molecule has 1 aromatic rings. The second kappa shape index (κ2) is 6.70. The van der Waals surface area contributed by atoms with Crippen molar-refractivity contribution < 1.29 is 13.2 Å². The maximum Gasteiger partial charge on any atom is 0.243 e. The van der Waals surface area contributed by atoms with E-state index in [9.17, 15) is 13.2 Å². The second-order valence-corrected chi connectivity index (χ2v) is 9.50. The number of benzene rings is 1. The predicted octanol–water partition coefficient (Wildman–Crippen LogP) is 2.02. The first-order valence-electron chi connectivity index (χ1n) is 8.91. The molecule has 0 aromatic heterocycles. The molecular weight excluding hydrogens is 338 g/mol. The minimum atomic E-state index is -3.50. The van der Waals surface area contributed by atoms with Crippen LogP contribution in [0.2, 0.25) is 0 Å². The van der Waals surface area contributed by atoms with Crippen molar-refractivity contribution in [2.24, 2.45) is 0 Å². The number of piperazine rings is 1. The lowest BCUT2D eigenvalue weighted by molar-refractivity contribution is -0.117. The molecule has 0 radical (unpaired) electrons. The molecular formula is C18H27N3O3S.